The van der Waals surface area contributed by atoms with Crippen molar-refractivity contribution in [2.24, 2.45) is 0 Å². The fraction of sp³-hybridized carbons (Fsp3) is 0.136. The molecule has 2 aromatic heterocycles. The summed E-state index contributed by atoms with van der Waals surface area (Å²) in [5.74, 6) is -1.34. The fourth-order valence-corrected chi connectivity index (χ4v) is 3.46. The van der Waals surface area contributed by atoms with Crippen LogP contribution in [0.1, 0.15) is 27.3 Å². The van der Waals surface area contributed by atoms with Gasteiger partial charge in [0.1, 0.15) is 5.52 Å². The molecule has 31 heavy (non-hydrogen) atoms. The van der Waals surface area contributed by atoms with Gasteiger partial charge in [-0.05, 0) is 60.5 Å². The Morgan fingerprint density at radius 2 is 1.87 bits per heavy atom. The monoisotopic (exact) mass is 444 g/mol. The molecule has 2 aromatic carbocycles. The number of nitrogens with one attached hydrogen (secondary N) is 1. The Bertz CT molecular complexity index is 1270. The van der Waals surface area contributed by atoms with E-state index in [4.69, 9.17) is 11.6 Å². The van der Waals surface area contributed by atoms with Gasteiger partial charge in [-0.25, -0.2) is 9.97 Å². The summed E-state index contributed by atoms with van der Waals surface area (Å²) < 4.78 is 41.4. The Labute approximate surface area is 180 Å². The molecule has 0 spiro atoms. The van der Waals surface area contributed by atoms with Crippen LogP contribution >= 0.6 is 11.6 Å². The number of aryl methyl sites for hydroxylation is 1. The number of halogens is 4. The van der Waals surface area contributed by atoms with Crippen molar-refractivity contribution in [2.75, 3.05) is 5.32 Å². The molecule has 5 nitrogen and oxygen atoms in total. The van der Waals surface area contributed by atoms with Crippen LogP contribution in [0.15, 0.2) is 60.8 Å². The van der Waals surface area contributed by atoms with Gasteiger partial charge < -0.3 is 9.88 Å². The lowest BCUT2D eigenvalue weighted by Gasteiger charge is -2.12. The number of nitrogens with zero attached hydrogens (tertiary/aromatic N) is 3. The number of carbonyl (C=O) groups excluding carboxylic acids is 1. The van der Waals surface area contributed by atoms with Crippen LogP contribution < -0.4 is 5.32 Å². The third kappa shape index (κ3) is 4.39. The average Bonchev–Trinajstić information content (AvgIpc) is 3.10. The number of rotatable bonds is 4. The first-order valence-corrected chi connectivity index (χ1v) is 9.65. The molecule has 4 aromatic rings. The normalized spacial score (nSPS) is 11.6. The van der Waals surface area contributed by atoms with Crippen LogP contribution in [-0.2, 0) is 12.7 Å². The second kappa shape index (κ2) is 8.03. The lowest BCUT2D eigenvalue weighted by Crippen LogP contribution is -2.16. The molecule has 0 saturated heterocycles. The molecule has 0 unspecified atom stereocenters. The molecular weight excluding hydrogens is 429 g/mol. The van der Waals surface area contributed by atoms with Gasteiger partial charge in [-0.3, -0.25) is 4.79 Å². The van der Waals surface area contributed by atoms with E-state index < -0.39 is 12.0 Å². The predicted octanol–water partition coefficient (Wildman–Crippen LogP) is 5.71. The van der Waals surface area contributed by atoms with Crippen LogP contribution in [0, 0.1) is 6.92 Å². The fourth-order valence-electron chi connectivity index (χ4n) is 3.23. The first-order chi connectivity index (χ1) is 14.7. The number of pyridine rings is 1. The second-order valence-corrected chi connectivity index (χ2v) is 7.41. The quantitative estimate of drug-likeness (QED) is 0.438. The molecule has 0 atom stereocenters. The molecule has 158 valence electrons. The first-order valence-electron chi connectivity index (χ1n) is 9.27. The predicted molar refractivity (Wildman–Crippen MR) is 112 cm³/mol. The summed E-state index contributed by atoms with van der Waals surface area (Å²) in [5.41, 5.74) is 2.72. The average molecular weight is 445 g/mol. The van der Waals surface area contributed by atoms with Gasteiger partial charge in [0, 0.05) is 22.5 Å². The van der Waals surface area contributed by atoms with Gasteiger partial charge >= 0.3 is 6.18 Å². The molecule has 4 rings (SSSR count). The minimum absolute atomic E-state index is 0.0828. The second-order valence-electron chi connectivity index (χ2n) is 6.98. The third-order valence-electron chi connectivity index (χ3n) is 4.75. The number of carbonyl (C=O) groups is 1. The van der Waals surface area contributed by atoms with Crippen molar-refractivity contribution >= 4 is 34.4 Å². The summed E-state index contributed by atoms with van der Waals surface area (Å²) in [4.78, 5) is 20.3. The highest BCUT2D eigenvalue weighted by Crippen LogP contribution is 2.31. The van der Waals surface area contributed by atoms with Crippen LogP contribution in [0.25, 0.3) is 11.2 Å². The summed E-state index contributed by atoms with van der Waals surface area (Å²) >= 11 is 5.93. The number of fused-ring (bicyclic) bond motifs is 1. The number of anilines is 1. The highest BCUT2D eigenvalue weighted by molar-refractivity contribution is 6.30. The largest absolute Gasteiger partial charge is 0.449 e. The van der Waals surface area contributed by atoms with Crippen LogP contribution in [-0.4, -0.2) is 20.4 Å². The molecule has 0 aliphatic rings. The van der Waals surface area contributed by atoms with Crippen molar-refractivity contribution in [3.8, 4) is 0 Å². The molecule has 0 aliphatic heterocycles. The van der Waals surface area contributed by atoms with Crippen LogP contribution in [0.5, 0.6) is 0 Å². The van der Waals surface area contributed by atoms with E-state index in [0.29, 0.717) is 21.8 Å². The summed E-state index contributed by atoms with van der Waals surface area (Å²) in [6.07, 6.45) is -3.19. The maximum absolute atomic E-state index is 13.5. The smallest absolute Gasteiger partial charge is 0.322 e. The summed E-state index contributed by atoms with van der Waals surface area (Å²) in [6, 6.07) is 14.5. The van der Waals surface area contributed by atoms with E-state index in [1.807, 2.05) is 6.92 Å². The SMILES string of the molecule is Cc1cc(Cl)ccc1NC(=O)c1ccc(Cn2c(C(F)(F)F)nc3cccnc32)cc1. The number of benzene rings is 2. The molecule has 9 heteroatoms. The van der Waals surface area contributed by atoms with Gasteiger partial charge in [-0.15, -0.1) is 0 Å². The van der Waals surface area contributed by atoms with Crippen molar-refractivity contribution in [2.45, 2.75) is 19.6 Å². The summed E-state index contributed by atoms with van der Waals surface area (Å²) in [5, 5.41) is 3.37. The molecule has 0 radical (unpaired) electrons. The minimum Gasteiger partial charge on any atom is -0.322 e. The van der Waals surface area contributed by atoms with Gasteiger partial charge in [0.15, 0.2) is 5.65 Å². The van der Waals surface area contributed by atoms with E-state index >= 15 is 0 Å². The minimum atomic E-state index is -4.61. The zero-order valence-electron chi connectivity index (χ0n) is 16.2. The van der Waals surface area contributed by atoms with Crippen molar-refractivity contribution in [1.82, 2.24) is 14.5 Å². The molecule has 0 saturated carbocycles. The van der Waals surface area contributed by atoms with Crippen molar-refractivity contribution < 1.29 is 18.0 Å². The van der Waals surface area contributed by atoms with Crippen LogP contribution in [0.2, 0.25) is 5.02 Å². The topological polar surface area (TPSA) is 59.8 Å². The van der Waals surface area contributed by atoms with Gasteiger partial charge in [0.05, 0.1) is 6.54 Å². The molecule has 1 N–H and O–H groups in total. The van der Waals surface area contributed by atoms with E-state index in [1.165, 1.54) is 18.3 Å². The lowest BCUT2D eigenvalue weighted by atomic mass is 10.1. The molecular formula is C22H16ClF3N4O. The highest BCUT2D eigenvalue weighted by Gasteiger charge is 2.37. The lowest BCUT2D eigenvalue weighted by molar-refractivity contribution is -0.146. The standard InChI is InChI=1S/C22H16ClF3N4O/c1-13-11-16(23)8-9-17(13)28-20(31)15-6-4-14(5-7-15)12-30-19-18(3-2-10-27-19)29-21(30)22(24,25)26/h2-11H,12H2,1H3,(H,28,31). The molecule has 1 amide bonds. The van der Waals surface area contributed by atoms with E-state index in [-0.39, 0.29) is 23.6 Å². The maximum atomic E-state index is 13.5. The Hall–Kier alpha value is -3.39. The first kappa shape index (κ1) is 20.9. The highest BCUT2D eigenvalue weighted by atomic mass is 35.5. The van der Waals surface area contributed by atoms with Gasteiger partial charge in [0.2, 0.25) is 5.82 Å². The molecule has 0 bridgehead atoms. The van der Waals surface area contributed by atoms with E-state index in [0.717, 1.165) is 10.1 Å². The van der Waals surface area contributed by atoms with Crippen LogP contribution in [0.4, 0.5) is 18.9 Å². The Balaban J connectivity index is 1.57. The Morgan fingerprint density at radius 3 is 2.55 bits per heavy atom. The number of aromatic nitrogens is 3. The molecule has 0 fully saturated rings. The van der Waals surface area contributed by atoms with Gasteiger partial charge in [-0.1, -0.05) is 23.7 Å². The number of amides is 1. The maximum Gasteiger partial charge on any atom is 0.449 e. The Morgan fingerprint density at radius 1 is 1.13 bits per heavy atom. The number of hydrogen-bond donors (Lipinski definition) is 1. The molecule has 2 heterocycles. The summed E-state index contributed by atoms with van der Waals surface area (Å²) in [6.45, 7) is 1.74. The van der Waals surface area contributed by atoms with E-state index in [1.54, 1.807) is 42.5 Å². The van der Waals surface area contributed by atoms with E-state index in [2.05, 4.69) is 15.3 Å². The number of imidazole rings is 1. The Kier molecular flexibility index (Phi) is 5.41. The zero-order valence-corrected chi connectivity index (χ0v) is 17.0. The van der Waals surface area contributed by atoms with Crippen molar-refractivity contribution in [1.29, 1.82) is 0 Å². The zero-order chi connectivity index (χ0) is 22.2. The number of hydrogen-bond acceptors (Lipinski definition) is 3. The van der Waals surface area contributed by atoms with Gasteiger partial charge in [-0.2, -0.15) is 13.2 Å². The van der Waals surface area contributed by atoms with E-state index in [9.17, 15) is 18.0 Å². The van der Waals surface area contributed by atoms with Gasteiger partial charge in [0.25, 0.3) is 5.91 Å². The molecule has 0 aliphatic carbocycles. The van der Waals surface area contributed by atoms with Crippen molar-refractivity contribution in [3.05, 3.63) is 88.3 Å². The van der Waals surface area contributed by atoms with Crippen molar-refractivity contribution in [3.63, 3.8) is 0 Å². The van der Waals surface area contributed by atoms with Crippen LogP contribution in [0.3, 0.4) is 0 Å². The third-order valence-corrected chi connectivity index (χ3v) is 4.99. The number of alkyl halides is 3. The summed E-state index contributed by atoms with van der Waals surface area (Å²) in [7, 11) is 0.